The van der Waals surface area contributed by atoms with Crippen LogP contribution in [-0.4, -0.2) is 34.6 Å². The van der Waals surface area contributed by atoms with E-state index in [9.17, 15) is 14.4 Å². The van der Waals surface area contributed by atoms with E-state index in [1.54, 1.807) is 13.8 Å². The van der Waals surface area contributed by atoms with Crippen molar-refractivity contribution >= 4 is 17.9 Å². The number of carbonyl (C=O) groups excluding carboxylic acids is 2. The zero-order chi connectivity index (χ0) is 13.9. The predicted octanol–water partition coefficient (Wildman–Crippen LogP) is -0.197. The van der Waals surface area contributed by atoms with Gasteiger partial charge in [-0.1, -0.05) is 0 Å². The van der Waals surface area contributed by atoms with Gasteiger partial charge in [0.1, 0.15) is 6.04 Å². The van der Waals surface area contributed by atoms with Gasteiger partial charge in [-0.15, -0.1) is 0 Å². The molecule has 1 rings (SSSR count). The van der Waals surface area contributed by atoms with Crippen molar-refractivity contribution < 1.29 is 19.5 Å². The quantitative estimate of drug-likeness (QED) is 0.526. The maximum Gasteiger partial charge on any atom is 0.326 e. The van der Waals surface area contributed by atoms with Crippen molar-refractivity contribution in [2.24, 2.45) is 11.7 Å². The molecule has 1 aliphatic carbocycles. The van der Waals surface area contributed by atoms with Gasteiger partial charge in [-0.25, -0.2) is 9.59 Å². The van der Waals surface area contributed by atoms with Gasteiger partial charge in [0.25, 0.3) is 0 Å². The summed E-state index contributed by atoms with van der Waals surface area (Å²) < 4.78 is 0. The maximum atomic E-state index is 11.6. The van der Waals surface area contributed by atoms with Gasteiger partial charge in [0.15, 0.2) is 0 Å². The Kier molecular flexibility index (Phi) is 4.15. The summed E-state index contributed by atoms with van der Waals surface area (Å²) >= 11 is 0. The lowest BCUT2D eigenvalue weighted by Crippen LogP contribution is -2.54. The second-order valence-electron chi connectivity index (χ2n) is 5.28. The molecule has 3 amide bonds. The molecular formula is C11H19N3O4. The average molecular weight is 257 g/mol. The molecule has 0 aliphatic heterocycles. The summed E-state index contributed by atoms with van der Waals surface area (Å²) in [6.07, 6.45) is 1.60. The number of hydrogen-bond donors (Lipinski definition) is 4. The third-order valence-corrected chi connectivity index (χ3v) is 2.71. The van der Waals surface area contributed by atoms with Gasteiger partial charge >= 0.3 is 12.0 Å². The Morgan fingerprint density at radius 1 is 1.39 bits per heavy atom. The Morgan fingerprint density at radius 2 is 1.94 bits per heavy atom. The lowest BCUT2D eigenvalue weighted by Gasteiger charge is -2.26. The number of urea groups is 1. The van der Waals surface area contributed by atoms with Gasteiger partial charge in [-0.05, 0) is 32.6 Å². The fourth-order valence-corrected chi connectivity index (χ4v) is 1.78. The van der Waals surface area contributed by atoms with Crippen LogP contribution in [0.1, 0.15) is 33.1 Å². The SMILES string of the molecule is CC(C)(CC(N)=O)NC(=O)NC(C(=O)O)C1CC1. The van der Waals surface area contributed by atoms with E-state index >= 15 is 0 Å². The predicted molar refractivity (Wildman–Crippen MR) is 63.7 cm³/mol. The number of amides is 3. The zero-order valence-electron chi connectivity index (χ0n) is 10.5. The minimum Gasteiger partial charge on any atom is -0.480 e. The van der Waals surface area contributed by atoms with Gasteiger partial charge in [-0.3, -0.25) is 4.79 Å². The molecule has 7 heteroatoms. The largest absolute Gasteiger partial charge is 0.480 e. The maximum absolute atomic E-state index is 11.6. The Balaban J connectivity index is 2.49. The molecule has 102 valence electrons. The Bertz CT molecular complexity index is 363. The van der Waals surface area contributed by atoms with Crippen molar-refractivity contribution in [2.45, 2.75) is 44.7 Å². The van der Waals surface area contributed by atoms with Crippen LogP contribution >= 0.6 is 0 Å². The fraction of sp³-hybridized carbons (Fsp3) is 0.727. The number of carboxylic acid groups (broad SMARTS) is 1. The third kappa shape index (κ3) is 4.60. The van der Waals surface area contributed by atoms with E-state index in [0.717, 1.165) is 12.8 Å². The lowest BCUT2D eigenvalue weighted by molar-refractivity contribution is -0.139. The number of rotatable bonds is 6. The topological polar surface area (TPSA) is 122 Å². The summed E-state index contributed by atoms with van der Waals surface area (Å²) in [5.41, 5.74) is 4.25. The average Bonchev–Trinajstić information content (AvgIpc) is 2.93. The number of carboxylic acids is 1. The van der Waals surface area contributed by atoms with Crippen molar-refractivity contribution in [3.8, 4) is 0 Å². The molecule has 0 aromatic heterocycles. The molecular weight excluding hydrogens is 238 g/mol. The summed E-state index contributed by atoms with van der Waals surface area (Å²) in [6.45, 7) is 3.29. The summed E-state index contributed by atoms with van der Waals surface area (Å²) in [5, 5.41) is 13.9. The van der Waals surface area contributed by atoms with E-state index in [0.29, 0.717) is 0 Å². The van der Waals surface area contributed by atoms with Gasteiger partial charge in [0.2, 0.25) is 5.91 Å². The third-order valence-electron chi connectivity index (χ3n) is 2.71. The van der Waals surface area contributed by atoms with Gasteiger partial charge in [0, 0.05) is 12.0 Å². The smallest absolute Gasteiger partial charge is 0.326 e. The highest BCUT2D eigenvalue weighted by Crippen LogP contribution is 2.32. The minimum atomic E-state index is -1.04. The molecule has 0 radical (unpaired) electrons. The molecule has 18 heavy (non-hydrogen) atoms. The fourth-order valence-electron chi connectivity index (χ4n) is 1.78. The summed E-state index contributed by atoms with van der Waals surface area (Å²) in [7, 11) is 0. The highest BCUT2D eigenvalue weighted by Gasteiger charge is 2.37. The van der Waals surface area contributed by atoms with Crippen LogP contribution in [-0.2, 0) is 9.59 Å². The van der Waals surface area contributed by atoms with Crippen LogP contribution in [0.15, 0.2) is 0 Å². The molecule has 1 fully saturated rings. The van der Waals surface area contributed by atoms with E-state index < -0.39 is 29.5 Å². The molecule has 1 unspecified atom stereocenters. The molecule has 0 saturated heterocycles. The highest BCUT2D eigenvalue weighted by atomic mass is 16.4. The van der Waals surface area contributed by atoms with Crippen LogP contribution in [0.2, 0.25) is 0 Å². The van der Waals surface area contributed by atoms with Crippen LogP contribution in [0.25, 0.3) is 0 Å². The number of primary amides is 1. The number of aliphatic carboxylic acids is 1. The first-order valence-electron chi connectivity index (χ1n) is 5.81. The number of nitrogens with one attached hydrogen (secondary N) is 2. The Labute approximate surface area is 105 Å². The van der Waals surface area contributed by atoms with Crippen LogP contribution in [0.3, 0.4) is 0 Å². The monoisotopic (exact) mass is 257 g/mol. The normalized spacial score (nSPS) is 16.8. The first kappa shape index (κ1) is 14.3. The first-order valence-corrected chi connectivity index (χ1v) is 5.81. The molecule has 1 aliphatic rings. The number of hydrogen-bond acceptors (Lipinski definition) is 3. The van der Waals surface area contributed by atoms with Crippen molar-refractivity contribution in [3.05, 3.63) is 0 Å². The Morgan fingerprint density at radius 3 is 2.33 bits per heavy atom. The van der Waals surface area contributed by atoms with E-state index in [2.05, 4.69) is 10.6 Å². The van der Waals surface area contributed by atoms with E-state index in [-0.39, 0.29) is 12.3 Å². The number of carbonyl (C=O) groups is 3. The van der Waals surface area contributed by atoms with Crippen molar-refractivity contribution in [3.63, 3.8) is 0 Å². The lowest BCUT2D eigenvalue weighted by atomic mass is 10.0. The minimum absolute atomic E-state index is 0.00695. The van der Waals surface area contributed by atoms with E-state index in [1.165, 1.54) is 0 Å². The molecule has 0 heterocycles. The number of nitrogens with two attached hydrogens (primary N) is 1. The van der Waals surface area contributed by atoms with E-state index in [1.807, 2.05) is 0 Å². The summed E-state index contributed by atoms with van der Waals surface area (Å²) in [4.78, 5) is 33.4. The van der Waals surface area contributed by atoms with Crippen LogP contribution in [0.5, 0.6) is 0 Å². The second kappa shape index (κ2) is 5.24. The molecule has 1 saturated carbocycles. The molecule has 0 bridgehead atoms. The molecule has 0 spiro atoms. The van der Waals surface area contributed by atoms with Crippen molar-refractivity contribution in [1.29, 1.82) is 0 Å². The van der Waals surface area contributed by atoms with Gasteiger partial charge < -0.3 is 21.5 Å². The van der Waals surface area contributed by atoms with Crippen LogP contribution < -0.4 is 16.4 Å². The van der Waals surface area contributed by atoms with Gasteiger partial charge in [0.05, 0.1) is 0 Å². The molecule has 7 nitrogen and oxygen atoms in total. The van der Waals surface area contributed by atoms with Crippen molar-refractivity contribution in [1.82, 2.24) is 10.6 Å². The summed E-state index contributed by atoms with van der Waals surface area (Å²) in [5.74, 6) is -1.56. The molecule has 5 N–H and O–H groups in total. The summed E-state index contributed by atoms with van der Waals surface area (Å²) in [6, 6.07) is -1.46. The first-order chi connectivity index (χ1) is 8.21. The van der Waals surface area contributed by atoms with Gasteiger partial charge in [-0.2, -0.15) is 0 Å². The molecule has 1 atom stereocenters. The zero-order valence-corrected chi connectivity index (χ0v) is 10.5. The highest BCUT2D eigenvalue weighted by molar-refractivity contribution is 5.84. The van der Waals surface area contributed by atoms with E-state index in [4.69, 9.17) is 10.8 Å². The second-order valence-corrected chi connectivity index (χ2v) is 5.28. The molecule has 0 aromatic carbocycles. The van der Waals surface area contributed by atoms with Crippen LogP contribution in [0.4, 0.5) is 4.79 Å². The standard InChI is InChI=1S/C11H19N3O4/c1-11(2,5-7(12)15)14-10(18)13-8(9(16)17)6-3-4-6/h6,8H,3-5H2,1-2H3,(H2,12,15)(H,16,17)(H2,13,14,18). The van der Waals surface area contributed by atoms with Crippen molar-refractivity contribution in [2.75, 3.05) is 0 Å². The molecule has 0 aromatic rings. The van der Waals surface area contributed by atoms with Crippen LogP contribution in [0, 0.1) is 5.92 Å². The Hall–Kier alpha value is -1.79.